The van der Waals surface area contributed by atoms with Gasteiger partial charge >= 0.3 is 0 Å². The van der Waals surface area contributed by atoms with Crippen LogP contribution in [0.4, 0.5) is 5.69 Å². The van der Waals surface area contributed by atoms with Gasteiger partial charge in [0.05, 0.1) is 11.4 Å². The van der Waals surface area contributed by atoms with Crippen molar-refractivity contribution >= 4 is 11.4 Å². The molecule has 2 aliphatic heterocycles. The Hall–Kier alpha value is -2.72. The molecular weight excluding hydrogens is 300 g/mol. The molecule has 0 N–H and O–H groups in total. The van der Waals surface area contributed by atoms with Gasteiger partial charge in [-0.05, 0) is 48.6 Å². The van der Waals surface area contributed by atoms with Gasteiger partial charge in [0.2, 0.25) is 0 Å². The van der Waals surface area contributed by atoms with Crippen LogP contribution in [0.15, 0.2) is 58.0 Å². The highest BCUT2D eigenvalue weighted by Gasteiger charge is 2.33. The van der Waals surface area contributed by atoms with Crippen molar-refractivity contribution < 1.29 is 0 Å². The molecule has 3 rings (SSSR count). The first-order valence-corrected chi connectivity index (χ1v) is 8.23. The molecule has 0 aliphatic carbocycles. The Kier molecular flexibility index (Phi) is 4.58. The number of azide groups is 1. The second-order valence-corrected chi connectivity index (χ2v) is 6.10. The van der Waals surface area contributed by atoms with E-state index in [1.807, 2.05) is 7.05 Å². The minimum absolute atomic E-state index is 0.134. The number of allylic oxidation sites excluding steroid dienone is 1. The van der Waals surface area contributed by atoms with Crippen molar-refractivity contribution in [1.29, 1.82) is 0 Å². The number of anilines is 1. The maximum atomic E-state index is 8.37. The minimum Gasteiger partial charge on any atom is -0.355 e. The smallest absolute Gasteiger partial charge is 0.126 e. The number of hydrogen-bond donors (Lipinski definition) is 0. The third kappa shape index (κ3) is 3.01. The van der Waals surface area contributed by atoms with Gasteiger partial charge in [-0.25, -0.2) is 0 Å². The molecule has 0 saturated heterocycles. The van der Waals surface area contributed by atoms with E-state index in [9.17, 15) is 0 Å². The van der Waals surface area contributed by atoms with Crippen LogP contribution in [-0.2, 0) is 6.42 Å². The Labute approximate surface area is 142 Å². The van der Waals surface area contributed by atoms with E-state index in [-0.39, 0.29) is 6.17 Å². The second kappa shape index (κ2) is 6.81. The molecule has 1 atom stereocenters. The first kappa shape index (κ1) is 16.1. The summed E-state index contributed by atoms with van der Waals surface area (Å²) in [5.41, 5.74) is 14.1. The van der Waals surface area contributed by atoms with E-state index in [0.29, 0.717) is 6.54 Å². The summed E-state index contributed by atoms with van der Waals surface area (Å²) >= 11 is 0. The van der Waals surface area contributed by atoms with E-state index >= 15 is 0 Å². The Balaban J connectivity index is 1.87. The van der Waals surface area contributed by atoms with Crippen LogP contribution in [0, 0.1) is 0 Å². The lowest BCUT2D eigenvalue weighted by Crippen LogP contribution is -2.31. The van der Waals surface area contributed by atoms with Crippen molar-refractivity contribution in [3.63, 3.8) is 0 Å². The van der Waals surface area contributed by atoms with Gasteiger partial charge in [0.1, 0.15) is 6.17 Å². The second-order valence-electron chi connectivity index (χ2n) is 6.10. The highest BCUT2D eigenvalue weighted by molar-refractivity contribution is 6.16. The molecule has 0 bridgehead atoms. The number of benzene rings is 1. The zero-order valence-electron chi connectivity index (χ0n) is 14.3. The number of hydrogen-bond acceptors (Lipinski definition) is 4. The summed E-state index contributed by atoms with van der Waals surface area (Å²) in [7, 11) is 2.05. The van der Waals surface area contributed by atoms with E-state index in [1.54, 1.807) is 0 Å². The van der Waals surface area contributed by atoms with Crippen molar-refractivity contribution in [2.45, 2.75) is 32.9 Å². The fraction of sp³-hybridized carbons (Fsp3) is 0.389. The van der Waals surface area contributed by atoms with Gasteiger partial charge in [0.15, 0.2) is 0 Å². The van der Waals surface area contributed by atoms with Crippen LogP contribution in [0.25, 0.3) is 10.4 Å². The van der Waals surface area contributed by atoms with Gasteiger partial charge in [0.25, 0.3) is 0 Å². The van der Waals surface area contributed by atoms with Gasteiger partial charge < -0.3 is 9.80 Å². The summed E-state index contributed by atoms with van der Waals surface area (Å²) in [6.45, 7) is 4.76. The molecule has 2 heterocycles. The van der Waals surface area contributed by atoms with Crippen molar-refractivity contribution in [3.8, 4) is 0 Å². The summed E-state index contributed by atoms with van der Waals surface area (Å²) in [4.78, 5) is 12.1. The molecule has 0 saturated carbocycles. The number of aliphatic imine (C=N–C) groups is 1. The van der Waals surface area contributed by atoms with Gasteiger partial charge in [-0.15, -0.1) is 0 Å². The minimum atomic E-state index is 0.134. The Morgan fingerprint density at radius 3 is 2.67 bits per heavy atom. The molecular formula is C18H22N6. The largest absolute Gasteiger partial charge is 0.355 e. The Morgan fingerprint density at radius 1 is 1.25 bits per heavy atom. The standard InChI is InChI=1S/C18H22N6/c1-4-17-21-18-13(2)11-23(3)12-16(18)24(17)15-7-5-14(6-8-15)9-10-20-22-19/h5-8,11-12,17H,4,9-10H2,1-3H3. The summed E-state index contributed by atoms with van der Waals surface area (Å²) in [5, 5.41) is 3.59. The number of nitrogens with zero attached hydrogens (tertiary/aromatic N) is 6. The summed E-state index contributed by atoms with van der Waals surface area (Å²) < 4.78 is 0. The predicted molar refractivity (Wildman–Crippen MR) is 97.8 cm³/mol. The maximum absolute atomic E-state index is 8.37. The molecule has 24 heavy (non-hydrogen) atoms. The summed E-state index contributed by atoms with van der Waals surface area (Å²) in [6, 6.07) is 8.45. The normalized spacial score (nSPS) is 19.3. The van der Waals surface area contributed by atoms with Crippen LogP contribution in [0.3, 0.4) is 0 Å². The topological polar surface area (TPSA) is 67.6 Å². The van der Waals surface area contributed by atoms with Crippen LogP contribution in [-0.4, -0.2) is 30.4 Å². The fourth-order valence-electron chi connectivity index (χ4n) is 3.20. The molecule has 1 unspecified atom stereocenters. The van der Waals surface area contributed by atoms with Crippen molar-refractivity contribution in [3.05, 3.63) is 63.9 Å². The summed E-state index contributed by atoms with van der Waals surface area (Å²) in [6.07, 6.45) is 6.09. The van der Waals surface area contributed by atoms with Gasteiger partial charge in [0, 0.05) is 36.6 Å². The number of fused-ring (bicyclic) bond motifs is 1. The SMILES string of the molecule is CCC1N=C2C(C)=CN(C)C=C2N1c1ccc(CCN=[N+]=[N-])cc1. The predicted octanol–water partition coefficient (Wildman–Crippen LogP) is 4.23. The number of rotatable bonds is 5. The van der Waals surface area contributed by atoms with E-state index < -0.39 is 0 Å². The van der Waals surface area contributed by atoms with E-state index in [2.05, 4.69) is 70.3 Å². The molecule has 6 heteroatoms. The molecule has 124 valence electrons. The zero-order chi connectivity index (χ0) is 17.1. The lowest BCUT2D eigenvalue weighted by Gasteiger charge is -2.29. The fourth-order valence-corrected chi connectivity index (χ4v) is 3.20. The highest BCUT2D eigenvalue weighted by atomic mass is 15.3. The Morgan fingerprint density at radius 2 is 2.00 bits per heavy atom. The summed E-state index contributed by atoms with van der Waals surface area (Å²) in [5.74, 6) is 0. The quantitative estimate of drug-likeness (QED) is 0.462. The van der Waals surface area contributed by atoms with Crippen LogP contribution in [0.2, 0.25) is 0 Å². The molecule has 0 spiro atoms. The zero-order valence-corrected chi connectivity index (χ0v) is 14.3. The molecule has 0 amide bonds. The monoisotopic (exact) mass is 322 g/mol. The van der Waals surface area contributed by atoms with E-state index in [0.717, 1.165) is 29.9 Å². The van der Waals surface area contributed by atoms with Crippen LogP contribution in [0.1, 0.15) is 25.8 Å². The van der Waals surface area contributed by atoms with Crippen molar-refractivity contribution in [2.24, 2.45) is 10.1 Å². The molecule has 1 aromatic rings. The molecule has 0 fully saturated rings. The highest BCUT2D eigenvalue weighted by Crippen LogP contribution is 2.34. The molecule has 0 aromatic heterocycles. The van der Waals surface area contributed by atoms with E-state index in [4.69, 9.17) is 10.5 Å². The third-order valence-electron chi connectivity index (χ3n) is 4.32. The molecule has 2 aliphatic rings. The third-order valence-corrected chi connectivity index (χ3v) is 4.32. The van der Waals surface area contributed by atoms with Gasteiger partial charge in [-0.2, -0.15) is 0 Å². The lowest BCUT2D eigenvalue weighted by molar-refractivity contribution is 0.605. The van der Waals surface area contributed by atoms with Crippen LogP contribution < -0.4 is 4.90 Å². The first-order chi connectivity index (χ1) is 11.6. The maximum Gasteiger partial charge on any atom is 0.126 e. The van der Waals surface area contributed by atoms with Crippen LogP contribution >= 0.6 is 0 Å². The van der Waals surface area contributed by atoms with Gasteiger partial charge in [-0.3, -0.25) is 4.99 Å². The Bertz CT molecular complexity index is 752. The average molecular weight is 322 g/mol. The van der Waals surface area contributed by atoms with Crippen molar-refractivity contribution in [2.75, 3.05) is 18.5 Å². The average Bonchev–Trinajstić information content (AvgIpc) is 2.94. The van der Waals surface area contributed by atoms with Crippen molar-refractivity contribution in [1.82, 2.24) is 4.90 Å². The lowest BCUT2D eigenvalue weighted by atomic mass is 10.1. The van der Waals surface area contributed by atoms with E-state index in [1.165, 1.54) is 11.1 Å². The van der Waals surface area contributed by atoms with Crippen LogP contribution in [0.5, 0.6) is 0 Å². The van der Waals surface area contributed by atoms with Gasteiger partial charge in [-0.1, -0.05) is 24.2 Å². The molecule has 1 aromatic carbocycles. The molecule has 0 radical (unpaired) electrons. The molecule has 6 nitrogen and oxygen atoms in total. The first-order valence-electron chi connectivity index (χ1n) is 8.23.